The molecule has 0 bridgehead atoms. The van der Waals surface area contributed by atoms with Gasteiger partial charge in [-0.15, -0.1) is 0 Å². The summed E-state index contributed by atoms with van der Waals surface area (Å²) in [5.74, 6) is 0.822. The third-order valence-electron chi connectivity index (χ3n) is 2.06. The second kappa shape index (κ2) is 6.52. The van der Waals surface area contributed by atoms with E-state index >= 15 is 0 Å². The van der Waals surface area contributed by atoms with Crippen molar-refractivity contribution >= 4 is 0 Å². The van der Waals surface area contributed by atoms with Gasteiger partial charge >= 0.3 is 0 Å². The fraction of sp³-hybridized carbons (Fsp3) is 0.308. The van der Waals surface area contributed by atoms with E-state index in [1.807, 2.05) is 25.1 Å². The summed E-state index contributed by atoms with van der Waals surface area (Å²) in [6.45, 7) is 2.56. The van der Waals surface area contributed by atoms with E-state index in [1.54, 1.807) is 19.4 Å². The number of hydrogen-bond donors (Lipinski definition) is 0. The van der Waals surface area contributed by atoms with Crippen LogP contribution in [0.5, 0.6) is 5.75 Å². The molecule has 1 aromatic carbocycles. The molecule has 3 nitrogen and oxygen atoms in total. The zero-order chi connectivity index (χ0) is 11.8. The smallest absolute Gasteiger partial charge is 0.122 e. The molecule has 0 heterocycles. The van der Waals surface area contributed by atoms with Crippen LogP contribution in [0, 0.1) is 11.3 Å². The van der Waals surface area contributed by atoms with Gasteiger partial charge in [0.15, 0.2) is 0 Å². The molecule has 0 saturated heterocycles. The Bertz CT molecular complexity index is 405. The minimum absolute atomic E-state index is 0.618. The standard InChI is InChI=1S/C13H15NO2/c1-3-16-13-7-6-11(10-14)9-12(13)5-4-8-15-2/h4,6-9H,3,5H2,1-2H3/b8-4+. The fourth-order valence-electron chi connectivity index (χ4n) is 1.38. The molecule has 3 heteroatoms. The van der Waals surface area contributed by atoms with E-state index in [0.717, 1.165) is 11.3 Å². The number of hydrogen-bond acceptors (Lipinski definition) is 3. The molecule has 0 amide bonds. The summed E-state index contributed by atoms with van der Waals surface area (Å²) in [6, 6.07) is 7.54. The van der Waals surface area contributed by atoms with Gasteiger partial charge in [0.25, 0.3) is 0 Å². The monoisotopic (exact) mass is 217 g/mol. The Labute approximate surface area is 95.9 Å². The molecule has 0 N–H and O–H groups in total. The van der Waals surface area contributed by atoms with Crippen LogP contribution in [-0.4, -0.2) is 13.7 Å². The zero-order valence-electron chi connectivity index (χ0n) is 9.56. The van der Waals surface area contributed by atoms with E-state index in [9.17, 15) is 0 Å². The lowest BCUT2D eigenvalue weighted by molar-refractivity contribution is 0.334. The largest absolute Gasteiger partial charge is 0.505 e. The predicted molar refractivity (Wildman–Crippen MR) is 62.2 cm³/mol. The second-order valence-corrected chi connectivity index (χ2v) is 3.18. The fourth-order valence-corrected chi connectivity index (χ4v) is 1.38. The molecule has 1 aromatic rings. The minimum atomic E-state index is 0.618. The third kappa shape index (κ3) is 3.32. The van der Waals surface area contributed by atoms with Crippen molar-refractivity contribution in [3.63, 3.8) is 0 Å². The predicted octanol–water partition coefficient (Wildman–Crippen LogP) is 2.66. The van der Waals surface area contributed by atoms with Gasteiger partial charge in [-0.05, 0) is 43.2 Å². The number of methoxy groups -OCH3 is 1. The third-order valence-corrected chi connectivity index (χ3v) is 2.06. The Morgan fingerprint density at radius 2 is 2.25 bits per heavy atom. The highest BCUT2D eigenvalue weighted by molar-refractivity contribution is 5.42. The maximum Gasteiger partial charge on any atom is 0.122 e. The molecule has 16 heavy (non-hydrogen) atoms. The van der Waals surface area contributed by atoms with Crippen LogP contribution in [0.25, 0.3) is 0 Å². The van der Waals surface area contributed by atoms with Crippen molar-refractivity contribution in [2.45, 2.75) is 13.3 Å². The van der Waals surface area contributed by atoms with Gasteiger partial charge in [-0.1, -0.05) is 0 Å². The maximum atomic E-state index is 8.82. The first-order valence-corrected chi connectivity index (χ1v) is 5.15. The first kappa shape index (κ1) is 12.1. The molecule has 1 rings (SSSR count). The van der Waals surface area contributed by atoms with Crippen molar-refractivity contribution in [3.8, 4) is 11.8 Å². The van der Waals surface area contributed by atoms with E-state index < -0.39 is 0 Å². The highest BCUT2D eigenvalue weighted by Gasteiger charge is 2.03. The molecule has 0 aromatic heterocycles. The number of benzene rings is 1. The Kier molecular flexibility index (Phi) is 4.94. The summed E-state index contributed by atoms with van der Waals surface area (Å²) in [5.41, 5.74) is 1.64. The van der Waals surface area contributed by atoms with Crippen LogP contribution in [0.1, 0.15) is 18.1 Å². The van der Waals surface area contributed by atoms with Gasteiger partial charge in [0.2, 0.25) is 0 Å². The number of ether oxygens (including phenoxy) is 2. The molecule has 0 saturated carbocycles. The van der Waals surface area contributed by atoms with Crippen LogP contribution >= 0.6 is 0 Å². The van der Waals surface area contributed by atoms with Crippen molar-refractivity contribution in [1.29, 1.82) is 5.26 Å². The topological polar surface area (TPSA) is 42.2 Å². The Morgan fingerprint density at radius 1 is 1.44 bits per heavy atom. The number of nitrogens with zero attached hydrogens (tertiary/aromatic N) is 1. The van der Waals surface area contributed by atoms with Crippen molar-refractivity contribution in [2.75, 3.05) is 13.7 Å². The number of nitriles is 1. The van der Waals surface area contributed by atoms with E-state index in [2.05, 4.69) is 6.07 Å². The van der Waals surface area contributed by atoms with Crippen molar-refractivity contribution in [3.05, 3.63) is 41.7 Å². The first-order chi connectivity index (χ1) is 7.81. The molecule has 0 aliphatic carbocycles. The number of rotatable bonds is 5. The van der Waals surface area contributed by atoms with Crippen LogP contribution < -0.4 is 4.74 Å². The van der Waals surface area contributed by atoms with Crippen molar-refractivity contribution in [1.82, 2.24) is 0 Å². The summed E-state index contributed by atoms with van der Waals surface area (Å²) in [6.07, 6.45) is 4.20. The Hall–Kier alpha value is -1.95. The zero-order valence-corrected chi connectivity index (χ0v) is 9.56. The van der Waals surface area contributed by atoms with Gasteiger partial charge in [0.05, 0.1) is 31.6 Å². The molecule has 0 fully saturated rings. The van der Waals surface area contributed by atoms with Crippen LogP contribution in [0.4, 0.5) is 0 Å². The second-order valence-electron chi connectivity index (χ2n) is 3.18. The van der Waals surface area contributed by atoms with Gasteiger partial charge in [-0.25, -0.2) is 0 Å². The quantitative estimate of drug-likeness (QED) is 0.712. The summed E-state index contributed by atoms with van der Waals surface area (Å²) in [5, 5.41) is 8.82. The van der Waals surface area contributed by atoms with Crippen molar-refractivity contribution in [2.24, 2.45) is 0 Å². The lowest BCUT2D eigenvalue weighted by atomic mass is 10.1. The minimum Gasteiger partial charge on any atom is -0.505 e. The lowest BCUT2D eigenvalue weighted by Crippen LogP contribution is -1.96. The molecule has 0 unspecified atom stereocenters. The van der Waals surface area contributed by atoms with Crippen LogP contribution in [-0.2, 0) is 11.2 Å². The summed E-state index contributed by atoms with van der Waals surface area (Å²) in [4.78, 5) is 0. The highest BCUT2D eigenvalue weighted by Crippen LogP contribution is 2.21. The van der Waals surface area contributed by atoms with Gasteiger partial charge < -0.3 is 9.47 Å². The molecule has 0 spiro atoms. The Morgan fingerprint density at radius 3 is 2.88 bits per heavy atom. The van der Waals surface area contributed by atoms with Gasteiger partial charge in [-0.2, -0.15) is 5.26 Å². The first-order valence-electron chi connectivity index (χ1n) is 5.15. The van der Waals surface area contributed by atoms with Gasteiger partial charge in [0.1, 0.15) is 5.75 Å². The lowest BCUT2D eigenvalue weighted by Gasteiger charge is -2.08. The normalized spacial score (nSPS) is 10.1. The molecular formula is C13H15NO2. The molecule has 0 radical (unpaired) electrons. The van der Waals surface area contributed by atoms with E-state index in [4.69, 9.17) is 14.7 Å². The summed E-state index contributed by atoms with van der Waals surface area (Å²) in [7, 11) is 1.60. The number of allylic oxidation sites excluding steroid dienone is 1. The van der Waals surface area contributed by atoms with Gasteiger partial charge in [0, 0.05) is 0 Å². The van der Waals surface area contributed by atoms with E-state index in [-0.39, 0.29) is 0 Å². The highest BCUT2D eigenvalue weighted by atomic mass is 16.5. The summed E-state index contributed by atoms with van der Waals surface area (Å²) >= 11 is 0. The molecule has 84 valence electrons. The summed E-state index contributed by atoms with van der Waals surface area (Å²) < 4.78 is 10.3. The molecule has 0 atom stereocenters. The van der Waals surface area contributed by atoms with E-state index in [1.165, 1.54) is 0 Å². The van der Waals surface area contributed by atoms with Crippen LogP contribution in [0.3, 0.4) is 0 Å². The maximum absolute atomic E-state index is 8.82. The molecular weight excluding hydrogens is 202 g/mol. The molecule has 0 aliphatic rings. The SMILES string of the molecule is CCOc1ccc(C#N)cc1C/C=C/OC. The average molecular weight is 217 g/mol. The van der Waals surface area contributed by atoms with Crippen molar-refractivity contribution < 1.29 is 9.47 Å². The molecule has 0 aliphatic heterocycles. The van der Waals surface area contributed by atoms with E-state index in [0.29, 0.717) is 18.6 Å². The van der Waals surface area contributed by atoms with Crippen LogP contribution in [0.2, 0.25) is 0 Å². The Balaban J connectivity index is 2.91. The average Bonchev–Trinajstić information content (AvgIpc) is 2.31. The van der Waals surface area contributed by atoms with Gasteiger partial charge in [-0.3, -0.25) is 0 Å². The van der Waals surface area contributed by atoms with Crippen LogP contribution in [0.15, 0.2) is 30.5 Å².